The number of halogens is 2. The lowest BCUT2D eigenvalue weighted by atomic mass is 9.86. The summed E-state index contributed by atoms with van der Waals surface area (Å²) in [6, 6.07) is 3.52. The summed E-state index contributed by atoms with van der Waals surface area (Å²) in [5.74, 6) is -0.234. The van der Waals surface area contributed by atoms with Crippen molar-refractivity contribution in [2.45, 2.75) is 26.2 Å². The lowest BCUT2D eigenvalue weighted by Crippen LogP contribution is -2.22. The second-order valence-electron chi connectivity index (χ2n) is 4.70. The van der Waals surface area contributed by atoms with E-state index in [9.17, 15) is 0 Å². The Balaban J connectivity index is 0. The van der Waals surface area contributed by atoms with E-state index in [4.69, 9.17) is 22.3 Å². The Bertz CT molecular complexity index is 419. The van der Waals surface area contributed by atoms with Crippen LogP contribution in [0.4, 0.5) is 0 Å². The summed E-state index contributed by atoms with van der Waals surface area (Å²) in [6.07, 6.45) is 0. The van der Waals surface area contributed by atoms with E-state index in [0.29, 0.717) is 11.4 Å². The fraction of sp³-hybridized carbons (Fsp3) is 0.364. The zero-order chi connectivity index (χ0) is 12.5. The molecule has 0 saturated heterocycles. The SMILES string of the molecule is CC(C)(C)c1cc(C(=N)N)nc(C(=N)N)c1.Cl.Cl. The summed E-state index contributed by atoms with van der Waals surface area (Å²) >= 11 is 0. The van der Waals surface area contributed by atoms with Crippen molar-refractivity contribution < 1.29 is 0 Å². The van der Waals surface area contributed by atoms with Crippen molar-refractivity contribution in [2.24, 2.45) is 11.5 Å². The molecule has 0 atom stereocenters. The van der Waals surface area contributed by atoms with Gasteiger partial charge in [0.1, 0.15) is 23.1 Å². The van der Waals surface area contributed by atoms with Crippen molar-refractivity contribution >= 4 is 36.5 Å². The highest BCUT2D eigenvalue weighted by Crippen LogP contribution is 2.23. The first kappa shape index (κ1) is 19.0. The maximum absolute atomic E-state index is 7.38. The largest absolute Gasteiger partial charge is 0.382 e. The molecule has 0 unspecified atom stereocenters. The maximum atomic E-state index is 7.38. The highest BCUT2D eigenvalue weighted by Gasteiger charge is 2.17. The predicted molar refractivity (Wildman–Crippen MR) is 79.5 cm³/mol. The number of nitrogens with one attached hydrogen (secondary N) is 2. The molecule has 5 nitrogen and oxygen atoms in total. The number of hydrogen-bond donors (Lipinski definition) is 4. The molecule has 0 spiro atoms. The summed E-state index contributed by atoms with van der Waals surface area (Å²) < 4.78 is 0. The van der Waals surface area contributed by atoms with Crippen molar-refractivity contribution in [3.8, 4) is 0 Å². The first-order chi connectivity index (χ1) is 7.21. The third-order valence-corrected chi connectivity index (χ3v) is 2.24. The van der Waals surface area contributed by atoms with Crippen molar-refractivity contribution in [1.29, 1.82) is 10.8 Å². The highest BCUT2D eigenvalue weighted by molar-refractivity contribution is 5.97. The van der Waals surface area contributed by atoms with E-state index in [1.54, 1.807) is 12.1 Å². The van der Waals surface area contributed by atoms with Crippen LogP contribution in [0.3, 0.4) is 0 Å². The van der Waals surface area contributed by atoms with Crippen LogP contribution in [0, 0.1) is 10.8 Å². The average molecular weight is 292 g/mol. The van der Waals surface area contributed by atoms with Crippen LogP contribution in [0.15, 0.2) is 12.1 Å². The lowest BCUT2D eigenvalue weighted by Gasteiger charge is -2.20. The molecular formula is C11H19Cl2N5. The Morgan fingerprint density at radius 2 is 1.33 bits per heavy atom. The Kier molecular flexibility index (Phi) is 6.93. The van der Waals surface area contributed by atoms with E-state index in [0.717, 1.165) is 5.56 Å². The molecule has 0 bridgehead atoms. The van der Waals surface area contributed by atoms with Crippen LogP contribution in [0.5, 0.6) is 0 Å². The second-order valence-corrected chi connectivity index (χ2v) is 4.70. The summed E-state index contributed by atoms with van der Waals surface area (Å²) in [4.78, 5) is 4.05. The first-order valence-electron chi connectivity index (χ1n) is 4.93. The average Bonchev–Trinajstić information content (AvgIpc) is 2.15. The van der Waals surface area contributed by atoms with E-state index in [2.05, 4.69) is 4.98 Å². The summed E-state index contributed by atoms with van der Waals surface area (Å²) in [6.45, 7) is 6.11. The number of rotatable bonds is 2. The van der Waals surface area contributed by atoms with Gasteiger partial charge in [-0.2, -0.15) is 0 Å². The van der Waals surface area contributed by atoms with Crippen LogP contribution in [-0.4, -0.2) is 16.7 Å². The normalized spacial score (nSPS) is 9.94. The maximum Gasteiger partial charge on any atom is 0.141 e. The Morgan fingerprint density at radius 1 is 1.00 bits per heavy atom. The molecule has 0 aliphatic rings. The molecular weight excluding hydrogens is 273 g/mol. The molecule has 102 valence electrons. The quantitative estimate of drug-likeness (QED) is 0.492. The molecule has 0 aliphatic carbocycles. The smallest absolute Gasteiger partial charge is 0.141 e. The number of aromatic nitrogens is 1. The molecule has 0 fully saturated rings. The molecule has 7 heteroatoms. The Hall–Kier alpha value is -1.33. The highest BCUT2D eigenvalue weighted by atomic mass is 35.5. The minimum absolute atomic E-state index is 0. The molecule has 0 aliphatic heterocycles. The Morgan fingerprint density at radius 3 is 1.56 bits per heavy atom. The van der Waals surface area contributed by atoms with Gasteiger partial charge in [0.05, 0.1) is 0 Å². The molecule has 1 heterocycles. The monoisotopic (exact) mass is 291 g/mol. The molecule has 0 radical (unpaired) electrons. The van der Waals surface area contributed by atoms with Crippen molar-refractivity contribution in [3.05, 3.63) is 29.1 Å². The van der Waals surface area contributed by atoms with Gasteiger partial charge < -0.3 is 11.5 Å². The topological polar surface area (TPSA) is 113 Å². The number of hydrogen-bond acceptors (Lipinski definition) is 3. The molecule has 1 rings (SSSR count). The van der Waals surface area contributed by atoms with E-state index in [-0.39, 0.29) is 41.9 Å². The summed E-state index contributed by atoms with van der Waals surface area (Å²) in [5.41, 5.74) is 12.4. The van der Waals surface area contributed by atoms with E-state index in [1.165, 1.54) is 0 Å². The fourth-order valence-corrected chi connectivity index (χ4v) is 1.24. The number of nitrogens with two attached hydrogens (primary N) is 2. The fourth-order valence-electron chi connectivity index (χ4n) is 1.24. The molecule has 6 N–H and O–H groups in total. The number of pyridine rings is 1. The third kappa shape index (κ3) is 4.50. The van der Waals surface area contributed by atoms with Crippen LogP contribution >= 0.6 is 24.8 Å². The van der Waals surface area contributed by atoms with Gasteiger partial charge in [0.25, 0.3) is 0 Å². The van der Waals surface area contributed by atoms with Gasteiger partial charge in [-0.3, -0.25) is 10.8 Å². The van der Waals surface area contributed by atoms with Crippen LogP contribution < -0.4 is 11.5 Å². The van der Waals surface area contributed by atoms with Gasteiger partial charge in [0.15, 0.2) is 0 Å². The van der Waals surface area contributed by atoms with E-state index >= 15 is 0 Å². The van der Waals surface area contributed by atoms with Crippen LogP contribution in [0.2, 0.25) is 0 Å². The number of nitrogen functional groups attached to an aromatic ring is 2. The second kappa shape index (κ2) is 6.56. The van der Waals surface area contributed by atoms with Crippen molar-refractivity contribution in [3.63, 3.8) is 0 Å². The van der Waals surface area contributed by atoms with Gasteiger partial charge in [-0.15, -0.1) is 24.8 Å². The van der Waals surface area contributed by atoms with Crippen molar-refractivity contribution in [1.82, 2.24) is 4.98 Å². The Labute approximate surface area is 119 Å². The zero-order valence-corrected chi connectivity index (χ0v) is 12.2. The number of amidine groups is 2. The number of nitrogens with zero attached hydrogens (tertiary/aromatic N) is 1. The van der Waals surface area contributed by atoms with Crippen LogP contribution in [0.25, 0.3) is 0 Å². The van der Waals surface area contributed by atoms with Gasteiger partial charge >= 0.3 is 0 Å². The molecule has 1 aromatic heterocycles. The van der Waals surface area contributed by atoms with Crippen LogP contribution in [0.1, 0.15) is 37.7 Å². The van der Waals surface area contributed by atoms with Gasteiger partial charge in [-0.05, 0) is 23.1 Å². The molecule has 0 aromatic carbocycles. The molecule has 0 amide bonds. The third-order valence-electron chi connectivity index (χ3n) is 2.24. The van der Waals surface area contributed by atoms with Gasteiger partial charge in [-0.25, -0.2) is 4.98 Å². The lowest BCUT2D eigenvalue weighted by molar-refractivity contribution is 0.589. The minimum Gasteiger partial charge on any atom is -0.382 e. The minimum atomic E-state index is -0.117. The van der Waals surface area contributed by atoms with Gasteiger partial charge in [0, 0.05) is 0 Å². The van der Waals surface area contributed by atoms with Gasteiger partial charge in [0.2, 0.25) is 0 Å². The molecule has 0 saturated carbocycles. The predicted octanol–water partition coefficient (Wildman–Crippen LogP) is 1.79. The summed E-state index contributed by atoms with van der Waals surface area (Å²) in [7, 11) is 0. The zero-order valence-electron chi connectivity index (χ0n) is 10.6. The van der Waals surface area contributed by atoms with E-state index in [1.807, 2.05) is 20.8 Å². The van der Waals surface area contributed by atoms with Crippen LogP contribution in [-0.2, 0) is 5.41 Å². The standard InChI is InChI=1S/C11H17N5.2ClH/c1-11(2,3)6-4-7(9(12)13)16-8(5-6)10(14)15;;/h4-5H,1-3H3,(H3,12,13)(H3,14,15);2*1H. The van der Waals surface area contributed by atoms with E-state index < -0.39 is 0 Å². The molecule has 1 aromatic rings. The first-order valence-corrected chi connectivity index (χ1v) is 4.93. The van der Waals surface area contributed by atoms with Crippen molar-refractivity contribution in [2.75, 3.05) is 0 Å². The van der Waals surface area contributed by atoms with Gasteiger partial charge in [-0.1, -0.05) is 20.8 Å². The summed E-state index contributed by atoms with van der Waals surface area (Å²) in [5, 5.41) is 14.8. The molecule has 18 heavy (non-hydrogen) atoms.